The molecule has 9 heteroatoms. The molecule has 174 valence electrons. The number of halogens is 2. The molecule has 32 heavy (non-hydrogen) atoms. The van der Waals surface area contributed by atoms with Gasteiger partial charge in [-0.1, -0.05) is 42.3 Å². The van der Waals surface area contributed by atoms with Gasteiger partial charge in [0.1, 0.15) is 5.60 Å². The predicted octanol–water partition coefficient (Wildman–Crippen LogP) is 5.59. The SMILES string of the molecule is COc1nc(N2CCC(C)(CNC(=O)OC(C)(C)C)CC2)ncc1-c1cccc(Cl)c1Cl. The molecule has 0 spiro atoms. The van der Waals surface area contributed by atoms with E-state index >= 15 is 0 Å². The molecular weight excluding hydrogens is 451 g/mol. The van der Waals surface area contributed by atoms with Crippen molar-refractivity contribution in [2.45, 2.75) is 46.1 Å². The van der Waals surface area contributed by atoms with Gasteiger partial charge in [0.25, 0.3) is 0 Å². The van der Waals surface area contributed by atoms with Gasteiger partial charge in [0.15, 0.2) is 0 Å². The molecule has 2 heterocycles. The molecule has 1 aliphatic heterocycles. The molecule has 1 aromatic carbocycles. The Morgan fingerprint density at radius 1 is 1.22 bits per heavy atom. The van der Waals surface area contributed by atoms with Crippen LogP contribution >= 0.6 is 23.2 Å². The third-order valence-electron chi connectivity index (χ3n) is 5.49. The van der Waals surface area contributed by atoms with Gasteiger partial charge in [-0.2, -0.15) is 4.98 Å². The number of piperidine rings is 1. The summed E-state index contributed by atoms with van der Waals surface area (Å²) in [6, 6.07) is 5.42. The highest BCUT2D eigenvalue weighted by molar-refractivity contribution is 6.43. The summed E-state index contributed by atoms with van der Waals surface area (Å²) in [7, 11) is 1.57. The second kappa shape index (κ2) is 9.71. The zero-order chi connectivity index (χ0) is 23.5. The number of aromatic nitrogens is 2. The Morgan fingerprint density at radius 3 is 2.53 bits per heavy atom. The molecule has 1 aliphatic rings. The fourth-order valence-corrected chi connectivity index (χ4v) is 3.99. The molecule has 7 nitrogen and oxygen atoms in total. The lowest BCUT2D eigenvalue weighted by Crippen LogP contribution is -2.46. The van der Waals surface area contributed by atoms with Crippen LogP contribution in [0.3, 0.4) is 0 Å². The van der Waals surface area contributed by atoms with Gasteiger partial charge < -0.3 is 19.7 Å². The van der Waals surface area contributed by atoms with Crippen LogP contribution in [-0.4, -0.2) is 48.4 Å². The number of hydrogen-bond acceptors (Lipinski definition) is 6. The number of carbonyl (C=O) groups is 1. The summed E-state index contributed by atoms with van der Waals surface area (Å²) >= 11 is 12.5. The third kappa shape index (κ3) is 5.95. The lowest BCUT2D eigenvalue weighted by atomic mass is 9.80. The molecule has 0 radical (unpaired) electrons. The van der Waals surface area contributed by atoms with Gasteiger partial charge in [-0.3, -0.25) is 0 Å². The first kappa shape index (κ1) is 24.4. The van der Waals surface area contributed by atoms with Crippen molar-refractivity contribution in [3.8, 4) is 17.0 Å². The summed E-state index contributed by atoms with van der Waals surface area (Å²) in [5.41, 5.74) is 0.881. The first-order chi connectivity index (χ1) is 15.0. The summed E-state index contributed by atoms with van der Waals surface area (Å²) in [5, 5.41) is 3.81. The van der Waals surface area contributed by atoms with E-state index in [1.165, 1.54) is 0 Å². The Morgan fingerprint density at radius 2 is 1.91 bits per heavy atom. The average molecular weight is 481 g/mol. The van der Waals surface area contributed by atoms with E-state index in [-0.39, 0.29) is 11.5 Å². The molecule has 0 saturated carbocycles. The number of anilines is 1. The Labute approximate surface area is 199 Å². The van der Waals surface area contributed by atoms with Crippen LogP contribution in [0.4, 0.5) is 10.7 Å². The fraction of sp³-hybridized carbons (Fsp3) is 0.522. The van der Waals surface area contributed by atoms with Crippen LogP contribution in [0, 0.1) is 5.41 Å². The zero-order valence-electron chi connectivity index (χ0n) is 19.2. The number of benzene rings is 1. The van der Waals surface area contributed by atoms with Crippen molar-refractivity contribution in [1.29, 1.82) is 0 Å². The maximum absolute atomic E-state index is 12.0. The van der Waals surface area contributed by atoms with E-state index in [2.05, 4.69) is 27.1 Å². The molecule has 0 atom stereocenters. The number of ether oxygens (including phenoxy) is 2. The van der Waals surface area contributed by atoms with Gasteiger partial charge in [0, 0.05) is 31.4 Å². The quantitative estimate of drug-likeness (QED) is 0.600. The third-order valence-corrected chi connectivity index (χ3v) is 6.31. The van der Waals surface area contributed by atoms with E-state index in [0.29, 0.717) is 34.0 Å². The summed E-state index contributed by atoms with van der Waals surface area (Å²) in [6.07, 6.45) is 3.10. The Hall–Kier alpha value is -2.25. The van der Waals surface area contributed by atoms with E-state index in [1.54, 1.807) is 19.4 Å². The number of methoxy groups -OCH3 is 1. The fourth-order valence-electron chi connectivity index (χ4n) is 3.59. The maximum Gasteiger partial charge on any atom is 0.407 e. The lowest BCUT2D eigenvalue weighted by Gasteiger charge is -2.39. The second-order valence-corrected chi connectivity index (χ2v) is 10.1. The number of carbonyl (C=O) groups excluding carboxylic acids is 1. The van der Waals surface area contributed by atoms with Gasteiger partial charge in [-0.05, 0) is 45.1 Å². The van der Waals surface area contributed by atoms with Crippen LogP contribution in [0.25, 0.3) is 11.1 Å². The second-order valence-electron chi connectivity index (χ2n) is 9.35. The van der Waals surface area contributed by atoms with E-state index < -0.39 is 5.60 Å². The van der Waals surface area contributed by atoms with Gasteiger partial charge in [-0.15, -0.1) is 0 Å². The van der Waals surface area contributed by atoms with Crippen LogP contribution in [0.2, 0.25) is 10.0 Å². The van der Waals surface area contributed by atoms with Crippen LogP contribution in [0.5, 0.6) is 5.88 Å². The van der Waals surface area contributed by atoms with Gasteiger partial charge in [0.05, 0.1) is 22.7 Å². The standard InChI is InChI=1S/C23H30Cl2N4O3/c1-22(2,3)32-21(30)27-14-23(4)9-11-29(12-10-23)20-26-13-16(19(28-20)31-5)15-7-6-8-17(24)18(15)25/h6-8,13H,9-12,14H2,1-5H3,(H,27,30). The molecule has 0 bridgehead atoms. The Bertz CT molecular complexity index is 970. The van der Waals surface area contributed by atoms with Crippen LogP contribution in [-0.2, 0) is 4.74 Å². The van der Waals surface area contributed by atoms with Crippen molar-refractivity contribution in [2.24, 2.45) is 5.41 Å². The number of rotatable bonds is 5. The van der Waals surface area contributed by atoms with E-state index in [9.17, 15) is 4.79 Å². The monoisotopic (exact) mass is 480 g/mol. The smallest absolute Gasteiger partial charge is 0.407 e. The minimum atomic E-state index is -0.508. The lowest BCUT2D eigenvalue weighted by molar-refractivity contribution is 0.0495. The topological polar surface area (TPSA) is 76.6 Å². The van der Waals surface area contributed by atoms with Crippen molar-refractivity contribution in [1.82, 2.24) is 15.3 Å². The minimum absolute atomic E-state index is 0.0221. The average Bonchev–Trinajstić information content (AvgIpc) is 2.73. The summed E-state index contributed by atoms with van der Waals surface area (Å²) in [4.78, 5) is 23.3. The normalized spacial score (nSPS) is 15.9. The highest BCUT2D eigenvalue weighted by Gasteiger charge is 2.32. The number of nitrogens with zero attached hydrogens (tertiary/aromatic N) is 3. The zero-order valence-corrected chi connectivity index (χ0v) is 20.7. The highest BCUT2D eigenvalue weighted by atomic mass is 35.5. The summed E-state index contributed by atoms with van der Waals surface area (Å²) in [5.74, 6) is 1.05. The van der Waals surface area contributed by atoms with Crippen molar-refractivity contribution in [2.75, 3.05) is 31.6 Å². The molecular formula is C23H30Cl2N4O3. The van der Waals surface area contributed by atoms with E-state index in [1.807, 2.05) is 32.9 Å². The number of nitrogens with one attached hydrogen (secondary N) is 1. The van der Waals surface area contributed by atoms with Gasteiger partial charge >= 0.3 is 6.09 Å². The van der Waals surface area contributed by atoms with Gasteiger partial charge in [-0.25, -0.2) is 9.78 Å². The minimum Gasteiger partial charge on any atom is -0.480 e. The molecule has 1 aromatic heterocycles. The first-order valence-corrected chi connectivity index (χ1v) is 11.3. The van der Waals surface area contributed by atoms with Crippen LogP contribution in [0.1, 0.15) is 40.5 Å². The van der Waals surface area contributed by atoms with Crippen molar-refractivity contribution < 1.29 is 14.3 Å². The van der Waals surface area contributed by atoms with Crippen LogP contribution < -0.4 is 15.0 Å². The van der Waals surface area contributed by atoms with Crippen molar-refractivity contribution >= 4 is 35.2 Å². The van der Waals surface area contributed by atoms with E-state index in [0.717, 1.165) is 31.5 Å². The Kier molecular flexibility index (Phi) is 7.40. The molecule has 3 rings (SSSR count). The first-order valence-electron chi connectivity index (χ1n) is 10.6. The molecule has 1 N–H and O–H groups in total. The van der Waals surface area contributed by atoms with Crippen LogP contribution in [0.15, 0.2) is 24.4 Å². The molecule has 1 amide bonds. The number of amides is 1. The summed E-state index contributed by atoms with van der Waals surface area (Å²) < 4.78 is 10.9. The largest absolute Gasteiger partial charge is 0.480 e. The number of alkyl carbamates (subject to hydrolysis) is 1. The van der Waals surface area contributed by atoms with Crippen molar-refractivity contribution in [3.63, 3.8) is 0 Å². The maximum atomic E-state index is 12.0. The highest BCUT2D eigenvalue weighted by Crippen LogP contribution is 2.38. The molecule has 1 saturated heterocycles. The molecule has 1 fully saturated rings. The molecule has 0 aliphatic carbocycles. The predicted molar refractivity (Wildman–Crippen MR) is 128 cm³/mol. The number of hydrogen-bond donors (Lipinski definition) is 1. The Balaban J connectivity index is 1.66. The van der Waals surface area contributed by atoms with Gasteiger partial charge in [0.2, 0.25) is 11.8 Å². The van der Waals surface area contributed by atoms with Crippen molar-refractivity contribution in [3.05, 3.63) is 34.4 Å². The molecule has 2 aromatic rings. The van der Waals surface area contributed by atoms with E-state index in [4.69, 9.17) is 32.7 Å². The molecule has 0 unspecified atom stereocenters. The summed E-state index contributed by atoms with van der Waals surface area (Å²) in [6.45, 7) is 9.84.